The van der Waals surface area contributed by atoms with Crippen LogP contribution in [0, 0.1) is 16.7 Å². The van der Waals surface area contributed by atoms with Crippen molar-refractivity contribution >= 4 is 5.91 Å². The van der Waals surface area contributed by atoms with Crippen LogP contribution in [0.2, 0.25) is 0 Å². The van der Waals surface area contributed by atoms with Crippen LogP contribution in [0.1, 0.15) is 52.5 Å². The Morgan fingerprint density at radius 2 is 2.11 bits per heavy atom. The Hall–Kier alpha value is -1.40. The summed E-state index contributed by atoms with van der Waals surface area (Å²) in [4.78, 5) is 15.5. The van der Waals surface area contributed by atoms with Crippen LogP contribution in [0.5, 0.6) is 0 Å². The first-order chi connectivity index (χ1) is 12.8. The Labute approximate surface area is 163 Å². The average Bonchev–Trinajstić information content (AvgIpc) is 3.19. The molecule has 2 fully saturated rings. The summed E-state index contributed by atoms with van der Waals surface area (Å²) in [5.74, 6) is 0.287. The number of rotatable bonds is 6. The maximum Gasteiger partial charge on any atom is 0.225 e. The van der Waals surface area contributed by atoms with Crippen molar-refractivity contribution in [3.63, 3.8) is 0 Å². The number of carbonyl (C=O) groups excluding carboxylic acids is 1. The molecule has 6 heteroatoms. The van der Waals surface area contributed by atoms with E-state index in [-0.39, 0.29) is 22.7 Å². The van der Waals surface area contributed by atoms with Crippen LogP contribution >= 0.6 is 0 Å². The molecule has 1 aromatic heterocycles. The number of aryl methyl sites for hydroxylation is 1. The molecule has 0 aromatic carbocycles. The van der Waals surface area contributed by atoms with E-state index in [1.807, 2.05) is 10.9 Å². The molecular weight excluding hydrogens is 340 g/mol. The molecular formula is C21H36N4O2. The summed E-state index contributed by atoms with van der Waals surface area (Å²) in [5.41, 5.74) is 1.53. The Bertz CT molecular complexity index is 628. The molecule has 2 aliphatic rings. The highest BCUT2D eigenvalue weighted by Crippen LogP contribution is 2.44. The molecule has 2 saturated heterocycles. The van der Waals surface area contributed by atoms with Crippen molar-refractivity contribution in [1.29, 1.82) is 0 Å². The van der Waals surface area contributed by atoms with E-state index in [0.29, 0.717) is 0 Å². The summed E-state index contributed by atoms with van der Waals surface area (Å²) in [5, 5.41) is 7.62. The first kappa shape index (κ1) is 20.3. The van der Waals surface area contributed by atoms with Crippen LogP contribution in [-0.4, -0.2) is 53.4 Å². The summed E-state index contributed by atoms with van der Waals surface area (Å²) in [7, 11) is 0. The zero-order valence-corrected chi connectivity index (χ0v) is 17.5. The molecule has 1 aromatic rings. The van der Waals surface area contributed by atoms with Crippen molar-refractivity contribution in [3.8, 4) is 0 Å². The van der Waals surface area contributed by atoms with E-state index in [0.717, 1.165) is 65.2 Å². The predicted molar refractivity (Wildman–Crippen MR) is 106 cm³/mol. The Morgan fingerprint density at radius 1 is 1.37 bits per heavy atom. The van der Waals surface area contributed by atoms with Gasteiger partial charge in [0.25, 0.3) is 0 Å². The molecule has 1 spiro atoms. The van der Waals surface area contributed by atoms with Gasteiger partial charge in [-0.05, 0) is 31.6 Å². The average molecular weight is 377 g/mol. The van der Waals surface area contributed by atoms with Gasteiger partial charge >= 0.3 is 0 Å². The van der Waals surface area contributed by atoms with Gasteiger partial charge in [-0.2, -0.15) is 5.10 Å². The lowest BCUT2D eigenvalue weighted by Crippen LogP contribution is -2.44. The third kappa shape index (κ3) is 5.11. The zero-order valence-electron chi connectivity index (χ0n) is 17.5. The number of nitrogens with zero attached hydrogens (tertiary/aromatic N) is 3. The summed E-state index contributed by atoms with van der Waals surface area (Å²) < 4.78 is 7.58. The molecule has 1 unspecified atom stereocenters. The minimum absolute atomic E-state index is 0.0580. The van der Waals surface area contributed by atoms with Crippen molar-refractivity contribution in [1.82, 2.24) is 20.0 Å². The Morgan fingerprint density at radius 3 is 2.74 bits per heavy atom. The fourth-order valence-corrected chi connectivity index (χ4v) is 4.44. The van der Waals surface area contributed by atoms with E-state index < -0.39 is 0 Å². The lowest BCUT2D eigenvalue weighted by atomic mass is 9.71. The van der Waals surface area contributed by atoms with Crippen LogP contribution in [0.15, 0.2) is 12.4 Å². The monoisotopic (exact) mass is 376 g/mol. The van der Waals surface area contributed by atoms with Gasteiger partial charge in [0.05, 0.1) is 12.1 Å². The highest BCUT2D eigenvalue weighted by Gasteiger charge is 2.50. The van der Waals surface area contributed by atoms with Crippen molar-refractivity contribution in [3.05, 3.63) is 18.0 Å². The first-order valence-electron chi connectivity index (χ1n) is 10.4. The molecule has 3 heterocycles. The third-order valence-electron chi connectivity index (χ3n) is 6.11. The van der Waals surface area contributed by atoms with Crippen LogP contribution in [0.3, 0.4) is 0 Å². The first-order valence-corrected chi connectivity index (χ1v) is 10.4. The lowest BCUT2D eigenvalue weighted by molar-refractivity contribution is -0.129. The second-order valence-corrected chi connectivity index (χ2v) is 9.50. The number of carbonyl (C=O) groups is 1. The van der Waals surface area contributed by atoms with E-state index in [4.69, 9.17) is 4.74 Å². The molecule has 0 aliphatic carbocycles. The maximum atomic E-state index is 13.1. The summed E-state index contributed by atoms with van der Waals surface area (Å²) in [6.07, 6.45) is 7.04. The fourth-order valence-electron chi connectivity index (χ4n) is 4.44. The second-order valence-electron chi connectivity index (χ2n) is 9.50. The minimum Gasteiger partial charge on any atom is -0.381 e. The molecule has 1 atom stereocenters. The number of likely N-dealkylation sites (tertiary alicyclic amines) is 1. The Kier molecular flexibility index (Phi) is 6.26. The van der Waals surface area contributed by atoms with Gasteiger partial charge < -0.3 is 10.1 Å². The number of aromatic nitrogens is 2. The van der Waals surface area contributed by atoms with Crippen molar-refractivity contribution in [2.75, 3.05) is 32.8 Å². The van der Waals surface area contributed by atoms with E-state index in [1.165, 1.54) is 5.56 Å². The van der Waals surface area contributed by atoms with E-state index in [2.05, 4.69) is 49.2 Å². The van der Waals surface area contributed by atoms with E-state index in [1.54, 1.807) is 0 Å². The topological polar surface area (TPSA) is 59.4 Å². The summed E-state index contributed by atoms with van der Waals surface area (Å²) in [6.45, 7) is 14.6. The molecule has 152 valence electrons. The molecule has 1 N–H and O–H groups in total. The molecule has 0 radical (unpaired) electrons. The SMILES string of the molecule is CCn1cc(CN2CC(C(=O)NCCC(C)(C)C)C3(CCOCC3)C2)cn1. The number of ether oxygens (including phenoxy) is 1. The normalized spacial score (nSPS) is 23.0. The number of amides is 1. The quantitative estimate of drug-likeness (QED) is 0.829. The molecule has 27 heavy (non-hydrogen) atoms. The minimum atomic E-state index is 0.0580. The standard InChI is InChI=1S/C21H36N4O2/c1-5-25-14-17(12-23-25)13-24-15-18(19(26)22-9-6-20(2,3)4)21(16-24)7-10-27-11-8-21/h12,14,18H,5-11,13,15-16H2,1-4H3,(H,22,26). The van der Waals surface area contributed by atoms with Crippen LogP contribution in [0.4, 0.5) is 0 Å². The van der Waals surface area contributed by atoms with Crippen molar-refractivity contribution in [2.45, 2.75) is 60.0 Å². The zero-order chi connectivity index (χ0) is 19.5. The maximum absolute atomic E-state index is 13.1. The highest BCUT2D eigenvalue weighted by molar-refractivity contribution is 5.80. The third-order valence-corrected chi connectivity index (χ3v) is 6.11. The van der Waals surface area contributed by atoms with Crippen LogP contribution in [-0.2, 0) is 22.6 Å². The van der Waals surface area contributed by atoms with Gasteiger partial charge in [-0.15, -0.1) is 0 Å². The van der Waals surface area contributed by atoms with Crippen LogP contribution < -0.4 is 5.32 Å². The van der Waals surface area contributed by atoms with Gasteiger partial charge in [0.15, 0.2) is 0 Å². The van der Waals surface area contributed by atoms with Crippen molar-refractivity contribution in [2.24, 2.45) is 16.7 Å². The molecule has 6 nitrogen and oxygen atoms in total. The highest BCUT2D eigenvalue weighted by atomic mass is 16.5. The smallest absolute Gasteiger partial charge is 0.225 e. The summed E-state index contributed by atoms with van der Waals surface area (Å²) >= 11 is 0. The fraction of sp³-hybridized carbons (Fsp3) is 0.810. The predicted octanol–water partition coefficient (Wildman–Crippen LogP) is 2.68. The number of hydrogen-bond donors (Lipinski definition) is 1. The van der Waals surface area contributed by atoms with Gasteiger partial charge in [-0.3, -0.25) is 14.4 Å². The summed E-state index contributed by atoms with van der Waals surface area (Å²) in [6, 6.07) is 0. The van der Waals surface area contributed by atoms with Crippen LogP contribution in [0.25, 0.3) is 0 Å². The van der Waals surface area contributed by atoms with E-state index >= 15 is 0 Å². The van der Waals surface area contributed by atoms with Crippen molar-refractivity contribution < 1.29 is 9.53 Å². The Balaban J connectivity index is 1.65. The second kappa shape index (κ2) is 8.31. The molecule has 2 aliphatic heterocycles. The number of hydrogen-bond acceptors (Lipinski definition) is 4. The van der Waals surface area contributed by atoms with Gasteiger partial charge in [0, 0.05) is 63.1 Å². The number of nitrogens with one attached hydrogen (secondary N) is 1. The van der Waals surface area contributed by atoms with Gasteiger partial charge in [-0.25, -0.2) is 0 Å². The van der Waals surface area contributed by atoms with E-state index in [9.17, 15) is 4.79 Å². The largest absolute Gasteiger partial charge is 0.381 e. The molecule has 0 saturated carbocycles. The van der Waals surface area contributed by atoms with Gasteiger partial charge in [-0.1, -0.05) is 20.8 Å². The molecule has 3 rings (SSSR count). The lowest BCUT2D eigenvalue weighted by Gasteiger charge is -2.37. The molecule has 1 amide bonds. The molecule has 0 bridgehead atoms. The van der Waals surface area contributed by atoms with Gasteiger partial charge in [0.2, 0.25) is 5.91 Å². The van der Waals surface area contributed by atoms with Gasteiger partial charge in [0.1, 0.15) is 0 Å².